The molecular formula is C31H35F6N5O3S. The molecule has 1 saturated heterocycles. The minimum Gasteiger partial charge on any atom is -0.495 e. The molecule has 15 heteroatoms. The van der Waals surface area contributed by atoms with E-state index in [1.165, 1.54) is 18.2 Å². The highest BCUT2D eigenvalue weighted by Gasteiger charge is 2.38. The lowest BCUT2D eigenvalue weighted by atomic mass is 9.92. The summed E-state index contributed by atoms with van der Waals surface area (Å²) < 4.78 is 84.2. The first-order valence-corrected chi connectivity index (χ1v) is 15.2. The largest absolute Gasteiger partial charge is 0.495 e. The van der Waals surface area contributed by atoms with Crippen molar-refractivity contribution in [1.29, 1.82) is 0 Å². The maximum atomic E-state index is 13.3. The van der Waals surface area contributed by atoms with Crippen molar-refractivity contribution in [2.75, 3.05) is 43.4 Å². The second kappa shape index (κ2) is 15.2. The van der Waals surface area contributed by atoms with E-state index in [9.17, 15) is 36.5 Å². The Bertz CT molecular complexity index is 1420. The predicted molar refractivity (Wildman–Crippen MR) is 167 cm³/mol. The van der Waals surface area contributed by atoms with E-state index < -0.39 is 34.1 Å². The third-order valence-electron chi connectivity index (χ3n) is 7.85. The molecule has 250 valence electrons. The van der Waals surface area contributed by atoms with Gasteiger partial charge in [0, 0.05) is 56.2 Å². The van der Waals surface area contributed by atoms with Gasteiger partial charge in [0.25, 0.3) is 5.69 Å². The summed E-state index contributed by atoms with van der Waals surface area (Å²) in [5.74, 6) is 0.752. The number of alkyl halides is 6. The Morgan fingerprint density at radius 1 is 0.978 bits per heavy atom. The summed E-state index contributed by atoms with van der Waals surface area (Å²) in [4.78, 5) is 14.2. The molecule has 4 rings (SSSR count). The van der Waals surface area contributed by atoms with Crippen molar-refractivity contribution in [3.8, 4) is 0 Å². The molecule has 0 atom stereocenters. The van der Waals surface area contributed by atoms with Gasteiger partial charge < -0.3 is 20.3 Å². The first-order chi connectivity index (χ1) is 21.7. The Kier molecular flexibility index (Phi) is 11.5. The second-order valence-corrected chi connectivity index (χ2v) is 11.6. The number of thiocarbonyl (C=S) groups is 1. The zero-order valence-electron chi connectivity index (χ0n) is 25.0. The minimum atomic E-state index is -4.83. The van der Waals surface area contributed by atoms with Crippen LogP contribution in [0.25, 0.3) is 0 Å². The van der Waals surface area contributed by atoms with Gasteiger partial charge in [0.2, 0.25) is 0 Å². The van der Waals surface area contributed by atoms with Crippen molar-refractivity contribution in [2.45, 2.75) is 57.1 Å². The summed E-state index contributed by atoms with van der Waals surface area (Å²) in [6.45, 7) is 5.51. The monoisotopic (exact) mass is 671 g/mol. The molecule has 0 bridgehead atoms. The fourth-order valence-corrected chi connectivity index (χ4v) is 5.67. The van der Waals surface area contributed by atoms with Crippen LogP contribution in [-0.4, -0.2) is 64.7 Å². The van der Waals surface area contributed by atoms with E-state index in [1.807, 2.05) is 30.1 Å². The molecule has 0 aromatic heterocycles. The molecule has 2 fully saturated rings. The molecule has 2 aromatic rings. The fourth-order valence-electron chi connectivity index (χ4n) is 5.37. The third-order valence-corrected chi connectivity index (χ3v) is 8.21. The van der Waals surface area contributed by atoms with Crippen LogP contribution in [0.1, 0.15) is 43.7 Å². The van der Waals surface area contributed by atoms with Crippen LogP contribution in [0.5, 0.6) is 0 Å². The van der Waals surface area contributed by atoms with Gasteiger partial charge in [-0.25, -0.2) is 0 Å². The van der Waals surface area contributed by atoms with E-state index in [2.05, 4.69) is 15.5 Å². The molecule has 46 heavy (non-hydrogen) atoms. The Hall–Kier alpha value is -3.85. The van der Waals surface area contributed by atoms with Crippen molar-refractivity contribution in [1.82, 2.24) is 9.80 Å². The zero-order chi connectivity index (χ0) is 33.5. The maximum Gasteiger partial charge on any atom is 0.423 e. The van der Waals surface area contributed by atoms with Crippen molar-refractivity contribution in [2.24, 2.45) is 0 Å². The molecule has 0 spiro atoms. The Morgan fingerprint density at radius 2 is 1.61 bits per heavy atom. The lowest BCUT2D eigenvalue weighted by molar-refractivity contribution is -0.388. The molecule has 8 nitrogen and oxygen atoms in total. The Labute approximate surface area is 268 Å². The van der Waals surface area contributed by atoms with Crippen LogP contribution in [-0.2, 0) is 17.1 Å². The molecule has 1 aliphatic heterocycles. The van der Waals surface area contributed by atoms with E-state index in [-0.39, 0.29) is 17.8 Å². The summed E-state index contributed by atoms with van der Waals surface area (Å²) in [5, 5.41) is 17.5. The maximum absolute atomic E-state index is 13.3. The third kappa shape index (κ3) is 10.1. The zero-order valence-corrected chi connectivity index (χ0v) is 25.9. The average Bonchev–Trinajstić information content (AvgIpc) is 3.00. The standard InChI is InChI=1S/C31H35F6N5O3S/c1-21(45-26-12-9-23(10-13-26)38-25-11-14-28(42(43)44)27(20-25)31(35,36)37)4-2-3-15-40-16-18-41(19-17-40)29(46)39-24-7-5-22(6-8-24)30(32,33)34/h2-8,11,14,20,23,26,38H,9-10,12-13,15-19H2,1H3,(H,39,46)/b3-2-,21-4+/t23-,26-. The predicted octanol–water partition coefficient (Wildman–Crippen LogP) is 7.85. The molecule has 0 unspecified atom stereocenters. The Morgan fingerprint density at radius 3 is 2.20 bits per heavy atom. The molecule has 2 aliphatic rings. The number of rotatable bonds is 9. The van der Waals surface area contributed by atoms with E-state index >= 15 is 0 Å². The summed E-state index contributed by atoms with van der Waals surface area (Å²) in [6.07, 6.45) is -0.587. The number of benzene rings is 2. The minimum absolute atomic E-state index is 0.0154. The summed E-state index contributed by atoms with van der Waals surface area (Å²) >= 11 is 5.44. The molecule has 2 N–H and O–H groups in total. The molecule has 2 aromatic carbocycles. The number of halogens is 6. The van der Waals surface area contributed by atoms with Crippen LogP contribution < -0.4 is 10.6 Å². The fraction of sp³-hybridized carbons (Fsp3) is 0.452. The van der Waals surface area contributed by atoms with E-state index in [0.29, 0.717) is 49.6 Å². The molecule has 1 saturated carbocycles. The summed E-state index contributed by atoms with van der Waals surface area (Å²) in [5.41, 5.74) is -2.25. The van der Waals surface area contributed by atoms with Gasteiger partial charge in [-0.15, -0.1) is 0 Å². The quantitative estimate of drug-likeness (QED) is 0.0697. The number of ether oxygens (including phenoxy) is 1. The normalized spacial score (nSPS) is 20.1. The SMILES string of the molecule is C/C(=C\C=C/CN1CCN(C(=S)Nc2ccc(C(F)(F)F)cc2)CC1)O[C@H]1CC[C@H](Nc2ccc([N+](=O)[O-])c(C(F)(F)F)c2)CC1. The van der Waals surface area contributed by atoms with Crippen molar-refractivity contribution in [3.05, 3.63) is 87.7 Å². The highest BCUT2D eigenvalue weighted by Crippen LogP contribution is 2.38. The smallest absolute Gasteiger partial charge is 0.423 e. The number of anilines is 2. The van der Waals surface area contributed by atoms with Crippen LogP contribution in [0.3, 0.4) is 0 Å². The first-order valence-electron chi connectivity index (χ1n) is 14.8. The molecule has 0 amide bonds. The average molecular weight is 672 g/mol. The lowest BCUT2D eigenvalue weighted by Crippen LogP contribution is -2.49. The van der Waals surface area contributed by atoms with E-state index in [1.54, 1.807) is 0 Å². The van der Waals surface area contributed by atoms with Gasteiger partial charge in [-0.1, -0.05) is 12.2 Å². The van der Waals surface area contributed by atoms with Gasteiger partial charge in [0.15, 0.2) is 5.11 Å². The van der Waals surface area contributed by atoms with Crippen LogP contribution in [0.4, 0.5) is 43.4 Å². The van der Waals surface area contributed by atoms with Gasteiger partial charge in [-0.2, -0.15) is 26.3 Å². The molecule has 1 aliphatic carbocycles. The highest BCUT2D eigenvalue weighted by molar-refractivity contribution is 7.80. The number of nitro benzene ring substituents is 1. The van der Waals surface area contributed by atoms with Gasteiger partial charge >= 0.3 is 12.4 Å². The van der Waals surface area contributed by atoms with E-state index in [4.69, 9.17) is 17.0 Å². The number of nitrogens with zero attached hydrogens (tertiary/aromatic N) is 3. The van der Waals surface area contributed by atoms with E-state index in [0.717, 1.165) is 49.7 Å². The van der Waals surface area contributed by atoms with Crippen molar-refractivity contribution < 1.29 is 36.0 Å². The number of allylic oxidation sites excluding steroid dienone is 3. The summed E-state index contributed by atoms with van der Waals surface area (Å²) in [7, 11) is 0. The number of nitrogens with one attached hydrogen (secondary N) is 2. The topological polar surface area (TPSA) is 82.9 Å². The van der Waals surface area contributed by atoms with Crippen molar-refractivity contribution in [3.63, 3.8) is 0 Å². The van der Waals surface area contributed by atoms with Gasteiger partial charge in [-0.3, -0.25) is 15.0 Å². The first kappa shape index (κ1) is 35.0. The number of piperazine rings is 1. The molecular weight excluding hydrogens is 636 g/mol. The lowest BCUT2D eigenvalue weighted by Gasteiger charge is -2.35. The number of hydrogen-bond acceptors (Lipinski definition) is 6. The van der Waals surface area contributed by atoms with Crippen LogP contribution in [0.15, 0.2) is 66.5 Å². The Balaban J connectivity index is 1.14. The van der Waals surface area contributed by atoms with Crippen LogP contribution >= 0.6 is 12.2 Å². The van der Waals surface area contributed by atoms with Crippen LogP contribution in [0.2, 0.25) is 0 Å². The van der Waals surface area contributed by atoms with Crippen molar-refractivity contribution >= 4 is 34.4 Å². The molecule has 1 heterocycles. The molecule has 0 radical (unpaired) electrons. The highest BCUT2D eigenvalue weighted by atomic mass is 32.1. The summed E-state index contributed by atoms with van der Waals surface area (Å²) in [6, 6.07) is 7.67. The number of hydrogen-bond donors (Lipinski definition) is 2. The van der Waals surface area contributed by atoms with Gasteiger partial charge in [-0.05, 0) is 87.3 Å². The number of nitro groups is 1. The van der Waals surface area contributed by atoms with Crippen LogP contribution in [0, 0.1) is 10.1 Å². The second-order valence-electron chi connectivity index (χ2n) is 11.2. The van der Waals surface area contributed by atoms with Gasteiger partial charge in [0.1, 0.15) is 5.56 Å². The van der Waals surface area contributed by atoms with Gasteiger partial charge in [0.05, 0.1) is 22.3 Å².